The Hall–Kier alpha value is -2.09. The summed E-state index contributed by atoms with van der Waals surface area (Å²) in [5.74, 6) is -0.0586. The van der Waals surface area contributed by atoms with Gasteiger partial charge in [0, 0.05) is 9.79 Å². The Balaban J connectivity index is 1.92. The Morgan fingerprint density at radius 2 is 1.27 bits per heavy atom. The fourth-order valence-corrected chi connectivity index (χ4v) is 12.5. The van der Waals surface area contributed by atoms with Gasteiger partial charge in [-0.05, 0) is 79.6 Å². The van der Waals surface area contributed by atoms with Crippen molar-refractivity contribution in [1.82, 2.24) is 0 Å². The Bertz CT molecular complexity index is 1470. The van der Waals surface area contributed by atoms with Gasteiger partial charge in [0.15, 0.2) is 5.78 Å². The van der Waals surface area contributed by atoms with Gasteiger partial charge in [0.1, 0.15) is 0 Å². The summed E-state index contributed by atoms with van der Waals surface area (Å²) in [7, 11) is -9.31. The summed E-state index contributed by atoms with van der Waals surface area (Å²) >= 11 is 3.83. The Labute approximate surface area is 227 Å². The lowest BCUT2D eigenvalue weighted by atomic mass is 10.2. The summed E-state index contributed by atoms with van der Waals surface area (Å²) in [5, 5.41) is 0. The Kier molecular flexibility index (Phi) is 7.99. The molecule has 2 aromatic heterocycles. The highest BCUT2D eigenvalue weighted by Crippen LogP contribution is 2.72. The second-order valence-corrected chi connectivity index (χ2v) is 16.4. The molecular weight excluding hydrogens is 582 g/mol. The van der Waals surface area contributed by atoms with Gasteiger partial charge in [0.25, 0.3) is 0 Å². The number of hydrogen-bond acceptors (Lipinski definition) is 7. The lowest BCUT2D eigenvalue weighted by molar-refractivity contribution is -0.0496. The largest absolute Gasteiger partial charge is 0.524 e. The summed E-state index contributed by atoms with van der Waals surface area (Å²) in [6.07, 6.45) is 0. The molecule has 0 bridgehead atoms. The lowest BCUT2D eigenvalue weighted by Gasteiger charge is -2.38. The summed E-state index contributed by atoms with van der Waals surface area (Å²) in [6.45, 7) is 5.13. The van der Waals surface area contributed by atoms with E-state index in [1.165, 1.54) is 41.4 Å². The quantitative estimate of drug-likeness (QED) is 0.149. The fourth-order valence-electron chi connectivity index (χ4n) is 3.29. The average Bonchev–Trinajstić information content (AvgIpc) is 3.48. The van der Waals surface area contributed by atoms with Crippen LogP contribution in [0, 0.1) is 13.8 Å². The van der Waals surface area contributed by atoms with Crippen LogP contribution in [0.25, 0.3) is 0 Å². The highest BCUT2D eigenvalue weighted by atomic mass is 32.3. The molecule has 0 N–H and O–H groups in total. The van der Waals surface area contributed by atoms with Gasteiger partial charge in [0.2, 0.25) is 0 Å². The molecule has 2 aromatic carbocycles. The maximum absolute atomic E-state index is 13.7. The minimum atomic E-state index is -5.97. The topological polar surface area (TPSA) is 60.4 Å². The molecule has 0 atom stereocenters. The molecule has 0 aliphatic carbocycles. The second kappa shape index (κ2) is 10.6. The first kappa shape index (κ1) is 27.9. The van der Waals surface area contributed by atoms with Crippen molar-refractivity contribution < 1.29 is 30.0 Å². The van der Waals surface area contributed by atoms with Gasteiger partial charge < -0.3 is 0 Å². The molecule has 196 valence electrons. The van der Waals surface area contributed by atoms with Gasteiger partial charge in [-0.15, -0.1) is 22.7 Å². The maximum Gasteiger partial charge on any atom is 0.524 e. The number of carbonyl (C=O) groups excluding carboxylic acids is 1. The zero-order valence-electron chi connectivity index (χ0n) is 19.7. The van der Waals surface area contributed by atoms with Crippen LogP contribution in [-0.2, 0) is 13.7 Å². The molecule has 0 spiro atoms. The zero-order chi connectivity index (χ0) is 27.0. The van der Waals surface area contributed by atoms with E-state index in [-0.39, 0.29) is 5.78 Å². The molecule has 0 saturated heterocycles. The van der Waals surface area contributed by atoms with Crippen LogP contribution in [0.2, 0.25) is 0 Å². The van der Waals surface area contributed by atoms with Crippen molar-refractivity contribution in [3.05, 3.63) is 88.8 Å². The predicted molar refractivity (Wildman–Crippen MR) is 144 cm³/mol. The van der Waals surface area contributed by atoms with Gasteiger partial charge in [0.05, 0.1) is 17.5 Å². The third-order valence-electron chi connectivity index (χ3n) is 5.15. The monoisotopic (exact) mass is 602 g/mol. The van der Waals surface area contributed by atoms with Crippen molar-refractivity contribution in [2.75, 3.05) is 0 Å². The average molecular weight is 603 g/mol. The standard InChI is InChI=1S/C25H21F3O4S5/c1-16-4-8-19(9-5-16)36(20-10-6-17(2)7-11-20,32-37(30,31)25(26,27)28)24-15-14-23(35-24)34-22-13-12-21(33-22)18(3)29/h4-15H,1-3H3. The van der Waals surface area contributed by atoms with Crippen molar-refractivity contribution in [3.63, 3.8) is 0 Å². The van der Waals surface area contributed by atoms with Gasteiger partial charge >= 0.3 is 15.6 Å². The highest BCUT2D eigenvalue weighted by Gasteiger charge is 2.52. The van der Waals surface area contributed by atoms with Crippen LogP contribution in [0.1, 0.15) is 27.7 Å². The molecule has 0 unspecified atom stereocenters. The molecule has 0 amide bonds. The van der Waals surface area contributed by atoms with E-state index in [9.17, 15) is 26.4 Å². The van der Waals surface area contributed by atoms with E-state index in [4.69, 9.17) is 3.63 Å². The minimum Gasteiger partial charge on any atom is -0.294 e. The van der Waals surface area contributed by atoms with Crippen molar-refractivity contribution in [3.8, 4) is 0 Å². The number of Topliss-reactive ketones (excluding diaryl/α,β-unsaturated/α-hetero) is 1. The van der Waals surface area contributed by atoms with Crippen molar-refractivity contribution in [2.24, 2.45) is 0 Å². The molecule has 0 aliphatic heterocycles. The van der Waals surface area contributed by atoms with Crippen LogP contribution in [0.3, 0.4) is 0 Å². The number of benzene rings is 2. The Morgan fingerprint density at radius 3 is 1.73 bits per heavy atom. The van der Waals surface area contributed by atoms with Crippen LogP contribution < -0.4 is 0 Å². The molecule has 0 fully saturated rings. The summed E-state index contributed by atoms with van der Waals surface area (Å²) in [5.41, 5.74) is -3.88. The van der Waals surface area contributed by atoms with E-state index in [0.29, 0.717) is 18.9 Å². The molecule has 0 saturated carbocycles. The molecule has 0 aliphatic rings. The first-order valence-corrected chi connectivity index (χ1v) is 16.1. The molecule has 0 radical (unpaired) electrons. The van der Waals surface area contributed by atoms with Crippen molar-refractivity contribution in [1.29, 1.82) is 0 Å². The van der Waals surface area contributed by atoms with E-state index in [1.54, 1.807) is 72.8 Å². The van der Waals surface area contributed by atoms with E-state index >= 15 is 0 Å². The first-order chi connectivity index (χ1) is 17.3. The number of hydrogen-bond donors (Lipinski definition) is 0. The number of ketones is 1. The zero-order valence-corrected chi connectivity index (χ0v) is 23.8. The number of halogens is 3. The molecule has 4 nitrogen and oxygen atoms in total. The minimum absolute atomic E-state index is 0.0586. The Morgan fingerprint density at radius 1 is 0.784 bits per heavy atom. The van der Waals surface area contributed by atoms with Crippen LogP contribution in [-0.4, -0.2) is 19.7 Å². The van der Waals surface area contributed by atoms with E-state index in [0.717, 1.165) is 19.5 Å². The van der Waals surface area contributed by atoms with E-state index in [2.05, 4.69) is 0 Å². The first-order valence-electron chi connectivity index (χ1n) is 10.7. The summed E-state index contributed by atoms with van der Waals surface area (Å²) in [6, 6.07) is 20.2. The van der Waals surface area contributed by atoms with Crippen LogP contribution in [0.15, 0.2) is 95.2 Å². The molecule has 2 heterocycles. The van der Waals surface area contributed by atoms with Crippen LogP contribution in [0.4, 0.5) is 13.2 Å². The van der Waals surface area contributed by atoms with Crippen molar-refractivity contribution >= 4 is 60.6 Å². The van der Waals surface area contributed by atoms with Crippen molar-refractivity contribution in [2.45, 2.75) is 48.7 Å². The maximum atomic E-state index is 13.7. The number of rotatable bonds is 8. The van der Waals surface area contributed by atoms with Gasteiger partial charge in [-0.3, -0.25) is 4.79 Å². The SMILES string of the molecule is CC(=O)c1ccc(Sc2ccc(S(OS(=O)(=O)C(F)(F)F)(c3ccc(C)cc3)c3ccc(C)cc3)s2)s1. The second-order valence-electron chi connectivity index (χ2n) is 8.00. The number of aryl methyl sites for hydroxylation is 2. The lowest BCUT2D eigenvalue weighted by Crippen LogP contribution is -2.27. The van der Waals surface area contributed by atoms with E-state index < -0.39 is 25.9 Å². The predicted octanol–water partition coefficient (Wildman–Crippen LogP) is 8.84. The van der Waals surface area contributed by atoms with Gasteiger partial charge in [-0.25, -0.2) is 0 Å². The number of alkyl halides is 3. The van der Waals surface area contributed by atoms with E-state index in [1.807, 2.05) is 13.8 Å². The number of thiophene rings is 2. The highest BCUT2D eigenvalue weighted by molar-refractivity contribution is 8.34. The smallest absolute Gasteiger partial charge is 0.294 e. The third kappa shape index (κ3) is 5.84. The summed E-state index contributed by atoms with van der Waals surface area (Å²) in [4.78, 5) is 12.9. The molecule has 4 aromatic rings. The third-order valence-corrected chi connectivity index (χ3v) is 14.1. The van der Waals surface area contributed by atoms with Crippen LogP contribution in [0.5, 0.6) is 0 Å². The molecular formula is C25H21F3O4S5. The fraction of sp³-hybridized carbons (Fsp3) is 0.160. The number of carbonyl (C=O) groups is 1. The van der Waals surface area contributed by atoms with Crippen LogP contribution >= 0.6 is 44.7 Å². The molecule has 4 rings (SSSR count). The molecule has 12 heteroatoms. The molecule has 37 heavy (non-hydrogen) atoms. The van der Waals surface area contributed by atoms with Gasteiger partial charge in [-0.2, -0.15) is 25.2 Å². The normalized spacial score (nSPS) is 13.0. The van der Waals surface area contributed by atoms with Gasteiger partial charge in [-0.1, -0.05) is 47.2 Å². The summed E-state index contributed by atoms with van der Waals surface area (Å²) < 4.78 is 73.3.